The molecule has 0 fully saturated rings. The van der Waals surface area contributed by atoms with Crippen LogP contribution in [0.15, 0.2) is 40.8 Å². The van der Waals surface area contributed by atoms with E-state index in [0.29, 0.717) is 13.0 Å². The van der Waals surface area contributed by atoms with Crippen molar-refractivity contribution in [3.05, 3.63) is 53.5 Å². The Labute approximate surface area is 101 Å². The number of hydrogen-bond acceptors (Lipinski definition) is 3. The third-order valence-electron chi connectivity index (χ3n) is 2.50. The Morgan fingerprint density at radius 2 is 1.94 bits per heavy atom. The monoisotopic (exact) mass is 226 g/mol. The molecule has 0 saturated heterocycles. The molecule has 1 heterocycles. The van der Waals surface area contributed by atoms with E-state index in [1.165, 1.54) is 0 Å². The molecule has 0 radical (unpaired) electrons. The van der Waals surface area contributed by atoms with Gasteiger partial charge in [0.2, 0.25) is 0 Å². The highest BCUT2D eigenvalue weighted by molar-refractivity contribution is 5.45. The van der Waals surface area contributed by atoms with Crippen molar-refractivity contribution in [1.82, 2.24) is 0 Å². The number of hydrogen-bond donors (Lipinski definition) is 1. The van der Waals surface area contributed by atoms with Gasteiger partial charge < -0.3 is 9.73 Å². The number of nitrogens with one attached hydrogen (secondary N) is 1. The highest BCUT2D eigenvalue weighted by Crippen LogP contribution is 2.13. The SMILES string of the molecule is Cc1ccc(CNc2ccc(CC#N)cc2)o1. The van der Waals surface area contributed by atoms with E-state index in [-0.39, 0.29) is 0 Å². The Balaban J connectivity index is 1.93. The fourth-order valence-electron chi connectivity index (χ4n) is 1.60. The molecule has 0 bridgehead atoms. The molecule has 3 nitrogen and oxygen atoms in total. The Hall–Kier alpha value is -2.21. The minimum atomic E-state index is 0.456. The third kappa shape index (κ3) is 3.12. The van der Waals surface area contributed by atoms with Crippen LogP contribution in [0, 0.1) is 18.3 Å². The van der Waals surface area contributed by atoms with Gasteiger partial charge in [-0.1, -0.05) is 12.1 Å². The summed E-state index contributed by atoms with van der Waals surface area (Å²) in [5.74, 6) is 1.84. The molecule has 86 valence electrons. The van der Waals surface area contributed by atoms with Crippen molar-refractivity contribution >= 4 is 5.69 Å². The average Bonchev–Trinajstić information content (AvgIpc) is 2.75. The van der Waals surface area contributed by atoms with Crippen molar-refractivity contribution < 1.29 is 4.42 Å². The normalized spacial score (nSPS) is 9.88. The molecule has 2 aromatic rings. The highest BCUT2D eigenvalue weighted by atomic mass is 16.3. The Morgan fingerprint density at radius 1 is 1.18 bits per heavy atom. The molecule has 17 heavy (non-hydrogen) atoms. The maximum atomic E-state index is 8.57. The van der Waals surface area contributed by atoms with Gasteiger partial charge in [-0.2, -0.15) is 5.26 Å². The molecular formula is C14H14N2O. The first-order valence-electron chi connectivity index (χ1n) is 5.53. The van der Waals surface area contributed by atoms with Gasteiger partial charge >= 0.3 is 0 Å². The van der Waals surface area contributed by atoms with Gasteiger partial charge in [-0.25, -0.2) is 0 Å². The smallest absolute Gasteiger partial charge is 0.123 e. The molecule has 0 aliphatic heterocycles. The van der Waals surface area contributed by atoms with E-state index in [4.69, 9.17) is 9.68 Å². The van der Waals surface area contributed by atoms with Crippen LogP contribution in [0.5, 0.6) is 0 Å². The molecule has 1 aromatic heterocycles. The zero-order chi connectivity index (χ0) is 12.1. The van der Waals surface area contributed by atoms with Gasteiger partial charge in [0.25, 0.3) is 0 Å². The van der Waals surface area contributed by atoms with Gasteiger partial charge in [0.1, 0.15) is 11.5 Å². The minimum absolute atomic E-state index is 0.456. The number of furan rings is 1. The van der Waals surface area contributed by atoms with Crippen LogP contribution in [-0.2, 0) is 13.0 Å². The van der Waals surface area contributed by atoms with Crippen LogP contribution < -0.4 is 5.32 Å². The van der Waals surface area contributed by atoms with E-state index >= 15 is 0 Å². The molecule has 1 aromatic carbocycles. The van der Waals surface area contributed by atoms with Gasteiger partial charge in [0, 0.05) is 5.69 Å². The lowest BCUT2D eigenvalue weighted by molar-refractivity contribution is 0.490. The first-order chi connectivity index (χ1) is 8.28. The molecule has 2 rings (SSSR count). The van der Waals surface area contributed by atoms with Crippen molar-refractivity contribution in [1.29, 1.82) is 5.26 Å². The standard InChI is InChI=1S/C14H14N2O/c1-11-2-7-14(17-11)10-16-13-5-3-12(4-6-13)8-9-15/h2-7,16H,8,10H2,1H3. The largest absolute Gasteiger partial charge is 0.465 e. The molecule has 0 aliphatic carbocycles. The fourth-order valence-corrected chi connectivity index (χ4v) is 1.60. The quantitative estimate of drug-likeness (QED) is 0.870. The van der Waals surface area contributed by atoms with Gasteiger partial charge in [0.05, 0.1) is 19.0 Å². The topological polar surface area (TPSA) is 49.0 Å². The summed E-state index contributed by atoms with van der Waals surface area (Å²) < 4.78 is 5.46. The summed E-state index contributed by atoms with van der Waals surface area (Å²) in [6.45, 7) is 2.60. The minimum Gasteiger partial charge on any atom is -0.465 e. The van der Waals surface area contributed by atoms with Crippen molar-refractivity contribution in [2.24, 2.45) is 0 Å². The van der Waals surface area contributed by atoms with Crippen molar-refractivity contribution in [3.63, 3.8) is 0 Å². The first-order valence-corrected chi connectivity index (χ1v) is 5.53. The molecule has 0 unspecified atom stereocenters. The predicted octanol–water partition coefficient (Wildman–Crippen LogP) is 3.27. The van der Waals surface area contributed by atoms with E-state index in [9.17, 15) is 0 Å². The van der Waals surface area contributed by atoms with Gasteiger partial charge in [-0.3, -0.25) is 0 Å². The van der Waals surface area contributed by atoms with Crippen LogP contribution in [0.2, 0.25) is 0 Å². The van der Waals surface area contributed by atoms with Crippen molar-refractivity contribution in [3.8, 4) is 6.07 Å². The van der Waals surface area contributed by atoms with Crippen molar-refractivity contribution in [2.75, 3.05) is 5.32 Å². The summed E-state index contributed by atoms with van der Waals surface area (Å²) in [6.07, 6.45) is 0.456. The summed E-state index contributed by atoms with van der Waals surface area (Å²) in [4.78, 5) is 0. The molecule has 0 aliphatic rings. The number of anilines is 1. The van der Waals surface area contributed by atoms with Gasteiger partial charge in [0.15, 0.2) is 0 Å². The van der Waals surface area contributed by atoms with Crippen molar-refractivity contribution in [2.45, 2.75) is 19.9 Å². The summed E-state index contributed by atoms with van der Waals surface area (Å²) in [6, 6.07) is 13.9. The molecule has 3 heteroatoms. The first kappa shape index (κ1) is 11.3. The van der Waals surface area contributed by atoms with Crippen LogP contribution >= 0.6 is 0 Å². The molecule has 0 saturated carbocycles. The van der Waals surface area contributed by atoms with Crippen LogP contribution in [0.25, 0.3) is 0 Å². The third-order valence-corrected chi connectivity index (χ3v) is 2.50. The summed E-state index contributed by atoms with van der Waals surface area (Å²) in [5, 5.41) is 11.8. The number of aryl methyl sites for hydroxylation is 1. The maximum Gasteiger partial charge on any atom is 0.123 e. The number of rotatable bonds is 4. The predicted molar refractivity (Wildman–Crippen MR) is 66.5 cm³/mol. The second-order valence-corrected chi connectivity index (χ2v) is 3.90. The molecule has 0 spiro atoms. The Morgan fingerprint density at radius 3 is 2.53 bits per heavy atom. The van der Waals surface area contributed by atoms with Crippen LogP contribution in [-0.4, -0.2) is 0 Å². The lowest BCUT2D eigenvalue weighted by atomic mass is 10.1. The Bertz CT molecular complexity index is 520. The van der Waals surface area contributed by atoms with E-state index in [1.54, 1.807) is 0 Å². The molecule has 0 amide bonds. The molecule has 1 N–H and O–H groups in total. The van der Waals surface area contributed by atoms with Crippen LogP contribution in [0.4, 0.5) is 5.69 Å². The van der Waals surface area contributed by atoms with E-state index < -0.39 is 0 Å². The summed E-state index contributed by atoms with van der Waals surface area (Å²) in [7, 11) is 0. The zero-order valence-electron chi connectivity index (χ0n) is 9.73. The van der Waals surface area contributed by atoms with Gasteiger partial charge in [-0.05, 0) is 36.8 Å². The maximum absolute atomic E-state index is 8.57. The van der Waals surface area contributed by atoms with Crippen LogP contribution in [0.3, 0.4) is 0 Å². The van der Waals surface area contributed by atoms with E-state index in [2.05, 4.69) is 11.4 Å². The molecular weight excluding hydrogens is 212 g/mol. The van der Waals surface area contributed by atoms with Gasteiger partial charge in [-0.15, -0.1) is 0 Å². The van der Waals surface area contributed by atoms with E-state index in [0.717, 1.165) is 22.8 Å². The number of nitrogens with zero attached hydrogens (tertiary/aromatic N) is 1. The molecule has 0 atom stereocenters. The highest BCUT2D eigenvalue weighted by Gasteiger charge is 1.98. The average molecular weight is 226 g/mol. The lowest BCUT2D eigenvalue weighted by Crippen LogP contribution is -1.97. The zero-order valence-corrected chi connectivity index (χ0v) is 9.73. The van der Waals surface area contributed by atoms with E-state index in [1.807, 2.05) is 43.3 Å². The summed E-state index contributed by atoms with van der Waals surface area (Å²) >= 11 is 0. The second kappa shape index (κ2) is 5.22. The second-order valence-electron chi connectivity index (χ2n) is 3.90. The Kier molecular flexibility index (Phi) is 3.46. The summed E-state index contributed by atoms with van der Waals surface area (Å²) in [5.41, 5.74) is 2.06. The number of nitriles is 1. The van der Waals surface area contributed by atoms with Crippen LogP contribution in [0.1, 0.15) is 17.1 Å². The number of benzene rings is 1. The lowest BCUT2D eigenvalue weighted by Gasteiger charge is -2.04. The fraction of sp³-hybridized carbons (Fsp3) is 0.214.